The van der Waals surface area contributed by atoms with Gasteiger partial charge in [-0.2, -0.15) is 11.8 Å². The fourth-order valence-electron chi connectivity index (χ4n) is 1.91. The molecule has 5 heteroatoms. The van der Waals surface area contributed by atoms with E-state index < -0.39 is 0 Å². The molecule has 1 fully saturated rings. The number of nitrogens with two attached hydrogens (primary N) is 1. The number of nitrogen functional groups attached to an aromatic ring is 1. The summed E-state index contributed by atoms with van der Waals surface area (Å²) in [4.78, 5) is 6.87. The Balaban J connectivity index is 1.97. The van der Waals surface area contributed by atoms with Crippen LogP contribution in [0.1, 0.15) is 12.6 Å². The first-order chi connectivity index (χ1) is 7.78. The third-order valence-corrected chi connectivity index (χ3v) is 3.80. The van der Waals surface area contributed by atoms with Crippen LogP contribution < -0.4 is 11.3 Å². The van der Waals surface area contributed by atoms with Crippen molar-refractivity contribution < 1.29 is 0 Å². The van der Waals surface area contributed by atoms with E-state index in [2.05, 4.69) is 22.2 Å². The summed E-state index contributed by atoms with van der Waals surface area (Å²) in [5.74, 6) is 7.30. The Labute approximate surface area is 101 Å². The molecular formula is C11H18N4S. The summed E-state index contributed by atoms with van der Waals surface area (Å²) in [5.41, 5.74) is 3.66. The van der Waals surface area contributed by atoms with Crippen LogP contribution >= 0.6 is 11.8 Å². The minimum Gasteiger partial charge on any atom is -0.308 e. The predicted molar refractivity (Wildman–Crippen MR) is 69.2 cm³/mol. The summed E-state index contributed by atoms with van der Waals surface area (Å²) in [5, 5.41) is 0.726. The highest BCUT2D eigenvalue weighted by atomic mass is 32.2. The Hall–Kier alpha value is -0.780. The number of pyridine rings is 1. The van der Waals surface area contributed by atoms with Crippen molar-refractivity contribution in [3.63, 3.8) is 0 Å². The SMILES string of the molecule is CC1CN(Cc2cccc(NN)n2)CCS1. The lowest BCUT2D eigenvalue weighted by atomic mass is 10.3. The van der Waals surface area contributed by atoms with Crippen molar-refractivity contribution in [2.75, 3.05) is 24.3 Å². The zero-order valence-corrected chi connectivity index (χ0v) is 10.3. The van der Waals surface area contributed by atoms with Crippen LogP contribution in [0.15, 0.2) is 18.2 Å². The van der Waals surface area contributed by atoms with Gasteiger partial charge in [-0.1, -0.05) is 13.0 Å². The first kappa shape index (κ1) is 11.7. The molecule has 1 aromatic rings. The number of hydrogen-bond acceptors (Lipinski definition) is 5. The highest BCUT2D eigenvalue weighted by Crippen LogP contribution is 2.19. The smallest absolute Gasteiger partial charge is 0.140 e. The summed E-state index contributed by atoms with van der Waals surface area (Å²) in [6, 6.07) is 5.91. The molecule has 0 aliphatic carbocycles. The number of aromatic nitrogens is 1. The van der Waals surface area contributed by atoms with Gasteiger partial charge in [-0.15, -0.1) is 0 Å². The summed E-state index contributed by atoms with van der Waals surface area (Å²) in [6.07, 6.45) is 0. The molecule has 0 aromatic carbocycles. The van der Waals surface area contributed by atoms with Crippen molar-refractivity contribution in [3.8, 4) is 0 Å². The van der Waals surface area contributed by atoms with E-state index in [1.54, 1.807) is 0 Å². The molecule has 0 spiro atoms. The fourth-order valence-corrected chi connectivity index (χ4v) is 2.99. The van der Waals surface area contributed by atoms with Crippen molar-refractivity contribution in [2.45, 2.75) is 18.7 Å². The topological polar surface area (TPSA) is 54.2 Å². The maximum absolute atomic E-state index is 5.34. The summed E-state index contributed by atoms with van der Waals surface area (Å²) < 4.78 is 0. The van der Waals surface area contributed by atoms with Crippen molar-refractivity contribution in [1.29, 1.82) is 0 Å². The average molecular weight is 238 g/mol. The summed E-state index contributed by atoms with van der Waals surface area (Å²) in [6.45, 7) is 5.49. The van der Waals surface area contributed by atoms with Crippen LogP contribution in [0.4, 0.5) is 5.82 Å². The van der Waals surface area contributed by atoms with E-state index in [0.29, 0.717) is 0 Å². The molecule has 3 N–H and O–H groups in total. The van der Waals surface area contributed by atoms with Gasteiger partial charge in [0.1, 0.15) is 5.82 Å². The summed E-state index contributed by atoms with van der Waals surface area (Å²) >= 11 is 2.05. The van der Waals surface area contributed by atoms with Gasteiger partial charge in [0.2, 0.25) is 0 Å². The largest absolute Gasteiger partial charge is 0.308 e. The second-order valence-corrected chi connectivity index (χ2v) is 5.62. The van der Waals surface area contributed by atoms with Gasteiger partial charge in [-0.05, 0) is 12.1 Å². The number of hydrogen-bond donors (Lipinski definition) is 2. The fraction of sp³-hybridized carbons (Fsp3) is 0.545. The van der Waals surface area contributed by atoms with E-state index in [4.69, 9.17) is 5.84 Å². The molecule has 1 aliphatic rings. The number of nitrogens with one attached hydrogen (secondary N) is 1. The van der Waals surface area contributed by atoms with E-state index in [1.165, 1.54) is 5.75 Å². The molecule has 2 heterocycles. The van der Waals surface area contributed by atoms with Gasteiger partial charge >= 0.3 is 0 Å². The molecular weight excluding hydrogens is 220 g/mol. The lowest BCUT2D eigenvalue weighted by Crippen LogP contribution is -2.36. The maximum atomic E-state index is 5.34. The van der Waals surface area contributed by atoms with Gasteiger partial charge in [0.05, 0.1) is 5.69 Å². The minimum atomic E-state index is 0.726. The number of rotatable bonds is 3. The third-order valence-electron chi connectivity index (χ3n) is 2.67. The molecule has 4 nitrogen and oxygen atoms in total. The molecule has 88 valence electrons. The third kappa shape index (κ3) is 3.10. The van der Waals surface area contributed by atoms with Crippen LogP contribution in [0.3, 0.4) is 0 Å². The molecule has 0 bridgehead atoms. The molecule has 1 unspecified atom stereocenters. The van der Waals surface area contributed by atoms with Crippen LogP contribution in [0.5, 0.6) is 0 Å². The van der Waals surface area contributed by atoms with Gasteiger partial charge in [0, 0.05) is 30.6 Å². The van der Waals surface area contributed by atoms with E-state index in [0.717, 1.165) is 36.4 Å². The molecule has 0 amide bonds. The highest BCUT2D eigenvalue weighted by molar-refractivity contribution is 7.99. The Kier molecular flexibility index (Phi) is 4.04. The van der Waals surface area contributed by atoms with E-state index in [9.17, 15) is 0 Å². The predicted octanol–water partition coefficient (Wildman–Crippen LogP) is 1.30. The molecule has 16 heavy (non-hydrogen) atoms. The molecule has 1 atom stereocenters. The summed E-state index contributed by atoms with van der Waals surface area (Å²) in [7, 11) is 0. The Morgan fingerprint density at radius 2 is 2.50 bits per heavy atom. The standard InChI is InChI=1S/C11H18N4S/c1-9-7-15(5-6-16-9)8-10-3-2-4-11(13-10)14-12/h2-4,9H,5-8,12H2,1H3,(H,13,14). The second-order valence-electron chi connectivity index (χ2n) is 4.08. The van der Waals surface area contributed by atoms with Gasteiger partial charge in [-0.25, -0.2) is 10.8 Å². The number of hydrazine groups is 1. The maximum Gasteiger partial charge on any atom is 0.140 e. The number of nitrogens with zero attached hydrogens (tertiary/aromatic N) is 2. The van der Waals surface area contributed by atoms with Crippen LogP contribution in [0.25, 0.3) is 0 Å². The van der Waals surface area contributed by atoms with Crippen LogP contribution in [-0.4, -0.2) is 34.0 Å². The van der Waals surface area contributed by atoms with Crippen molar-refractivity contribution in [3.05, 3.63) is 23.9 Å². The van der Waals surface area contributed by atoms with Crippen molar-refractivity contribution in [1.82, 2.24) is 9.88 Å². The zero-order valence-electron chi connectivity index (χ0n) is 9.52. The van der Waals surface area contributed by atoms with E-state index >= 15 is 0 Å². The number of anilines is 1. The molecule has 1 aromatic heterocycles. The van der Waals surface area contributed by atoms with Crippen LogP contribution in [-0.2, 0) is 6.54 Å². The van der Waals surface area contributed by atoms with Crippen LogP contribution in [0, 0.1) is 0 Å². The van der Waals surface area contributed by atoms with Crippen LogP contribution in [0.2, 0.25) is 0 Å². The first-order valence-electron chi connectivity index (χ1n) is 5.54. The second kappa shape index (κ2) is 5.52. The molecule has 1 aliphatic heterocycles. The number of thioether (sulfide) groups is 1. The van der Waals surface area contributed by atoms with Crippen molar-refractivity contribution >= 4 is 17.6 Å². The highest BCUT2D eigenvalue weighted by Gasteiger charge is 2.16. The lowest BCUT2D eigenvalue weighted by molar-refractivity contribution is 0.275. The molecule has 2 rings (SSSR count). The first-order valence-corrected chi connectivity index (χ1v) is 6.59. The molecule has 0 saturated carbocycles. The Morgan fingerprint density at radius 1 is 1.62 bits per heavy atom. The Morgan fingerprint density at radius 3 is 3.25 bits per heavy atom. The van der Waals surface area contributed by atoms with Gasteiger partial charge in [0.25, 0.3) is 0 Å². The lowest BCUT2D eigenvalue weighted by Gasteiger charge is -2.30. The minimum absolute atomic E-state index is 0.726. The Bertz CT molecular complexity index is 345. The molecule has 1 saturated heterocycles. The average Bonchev–Trinajstić information content (AvgIpc) is 2.29. The van der Waals surface area contributed by atoms with Gasteiger partial charge in [-0.3, -0.25) is 4.90 Å². The van der Waals surface area contributed by atoms with E-state index in [-0.39, 0.29) is 0 Å². The quantitative estimate of drug-likeness (QED) is 0.614. The molecule has 0 radical (unpaired) electrons. The zero-order chi connectivity index (χ0) is 11.4. The normalized spacial score (nSPS) is 22.0. The van der Waals surface area contributed by atoms with Gasteiger partial charge in [0.15, 0.2) is 0 Å². The van der Waals surface area contributed by atoms with Crippen molar-refractivity contribution in [2.24, 2.45) is 5.84 Å². The van der Waals surface area contributed by atoms with Gasteiger partial charge < -0.3 is 5.43 Å². The van der Waals surface area contributed by atoms with E-state index in [1.807, 2.05) is 30.0 Å². The monoisotopic (exact) mass is 238 g/mol.